The Morgan fingerprint density at radius 2 is 1.59 bits per heavy atom. The lowest BCUT2D eigenvalue weighted by Crippen LogP contribution is -2.35. The number of hydrogen-bond donors (Lipinski definition) is 0. The molecule has 5 nitrogen and oxygen atoms in total. The molecule has 1 fully saturated rings. The Bertz CT molecular complexity index is 166. The van der Waals surface area contributed by atoms with Crippen LogP contribution in [0.15, 0.2) is 0 Å². The maximum absolute atomic E-state index is 5.53. The summed E-state index contributed by atoms with van der Waals surface area (Å²) in [5.41, 5.74) is 0. The molecule has 0 radical (unpaired) electrons. The summed E-state index contributed by atoms with van der Waals surface area (Å²) in [5, 5.41) is 0. The summed E-state index contributed by atoms with van der Waals surface area (Å²) in [6.07, 6.45) is 1.89. The van der Waals surface area contributed by atoms with Crippen LogP contribution in [-0.2, 0) is 18.9 Å². The van der Waals surface area contributed by atoms with Gasteiger partial charge in [0.2, 0.25) is 0 Å². The van der Waals surface area contributed by atoms with Gasteiger partial charge in [0, 0.05) is 40.3 Å². The lowest BCUT2D eigenvalue weighted by atomic mass is 10.3. The fourth-order valence-electron chi connectivity index (χ4n) is 1.77. The van der Waals surface area contributed by atoms with Gasteiger partial charge in [-0.05, 0) is 6.42 Å². The van der Waals surface area contributed by atoms with Crippen molar-refractivity contribution in [2.24, 2.45) is 0 Å². The molecule has 5 heteroatoms. The minimum absolute atomic E-state index is 0.0312. The van der Waals surface area contributed by atoms with Crippen LogP contribution < -0.4 is 0 Å². The second-order valence-corrected chi connectivity index (χ2v) is 4.14. The smallest absolute Gasteiger partial charge is 0.158 e. The summed E-state index contributed by atoms with van der Waals surface area (Å²) in [6.45, 7) is 5.93. The molecule has 17 heavy (non-hydrogen) atoms. The zero-order chi connectivity index (χ0) is 12.3. The molecule has 0 aromatic heterocycles. The molecule has 0 spiro atoms. The SMILES string of the molecule is COCCN(CCOC)CCC1OCCCO1. The molecule has 0 aromatic rings. The van der Waals surface area contributed by atoms with Crippen molar-refractivity contribution in [2.45, 2.75) is 19.1 Å². The largest absolute Gasteiger partial charge is 0.383 e. The first-order valence-corrected chi connectivity index (χ1v) is 6.30. The molecule has 0 amide bonds. The highest BCUT2D eigenvalue weighted by molar-refractivity contribution is 4.60. The van der Waals surface area contributed by atoms with Gasteiger partial charge in [-0.25, -0.2) is 0 Å². The third kappa shape index (κ3) is 6.95. The van der Waals surface area contributed by atoms with Gasteiger partial charge < -0.3 is 18.9 Å². The van der Waals surface area contributed by atoms with E-state index < -0.39 is 0 Å². The van der Waals surface area contributed by atoms with E-state index in [-0.39, 0.29) is 6.29 Å². The Kier molecular flexibility index (Phi) is 8.56. The number of methoxy groups -OCH3 is 2. The van der Waals surface area contributed by atoms with E-state index >= 15 is 0 Å². The van der Waals surface area contributed by atoms with Crippen molar-refractivity contribution in [3.63, 3.8) is 0 Å². The van der Waals surface area contributed by atoms with Crippen LogP contribution >= 0.6 is 0 Å². The van der Waals surface area contributed by atoms with Crippen molar-refractivity contribution in [1.82, 2.24) is 4.90 Å². The molecule has 0 N–H and O–H groups in total. The molecule has 1 aliphatic rings. The first kappa shape index (κ1) is 14.9. The van der Waals surface area contributed by atoms with E-state index in [9.17, 15) is 0 Å². The van der Waals surface area contributed by atoms with Gasteiger partial charge in [-0.1, -0.05) is 0 Å². The van der Waals surface area contributed by atoms with Crippen LogP contribution in [0.5, 0.6) is 0 Å². The molecule has 1 heterocycles. The zero-order valence-corrected chi connectivity index (χ0v) is 11.0. The van der Waals surface area contributed by atoms with Gasteiger partial charge in [0.25, 0.3) is 0 Å². The van der Waals surface area contributed by atoms with Crippen molar-refractivity contribution in [3.8, 4) is 0 Å². The Labute approximate surface area is 104 Å². The molecule has 0 atom stereocenters. The Morgan fingerprint density at radius 3 is 2.12 bits per heavy atom. The van der Waals surface area contributed by atoms with Gasteiger partial charge in [-0.2, -0.15) is 0 Å². The lowest BCUT2D eigenvalue weighted by Gasteiger charge is -2.27. The van der Waals surface area contributed by atoms with Crippen molar-refractivity contribution >= 4 is 0 Å². The Morgan fingerprint density at radius 1 is 1.00 bits per heavy atom. The highest BCUT2D eigenvalue weighted by Crippen LogP contribution is 2.09. The fraction of sp³-hybridized carbons (Fsp3) is 1.00. The third-order valence-electron chi connectivity index (χ3n) is 2.80. The predicted molar refractivity (Wildman–Crippen MR) is 65.1 cm³/mol. The molecule has 0 bridgehead atoms. The third-order valence-corrected chi connectivity index (χ3v) is 2.80. The molecule has 0 saturated carbocycles. The Balaban J connectivity index is 2.16. The number of rotatable bonds is 9. The van der Waals surface area contributed by atoms with Crippen LogP contribution in [0.2, 0.25) is 0 Å². The zero-order valence-electron chi connectivity index (χ0n) is 11.0. The van der Waals surface area contributed by atoms with Gasteiger partial charge >= 0.3 is 0 Å². The summed E-state index contributed by atoms with van der Waals surface area (Å²) >= 11 is 0. The van der Waals surface area contributed by atoms with E-state index in [2.05, 4.69) is 4.90 Å². The molecule has 102 valence electrons. The van der Waals surface area contributed by atoms with Crippen LogP contribution in [0.1, 0.15) is 12.8 Å². The van der Waals surface area contributed by atoms with E-state index in [1.54, 1.807) is 14.2 Å². The summed E-state index contributed by atoms with van der Waals surface area (Å²) < 4.78 is 21.3. The molecular weight excluding hydrogens is 222 g/mol. The van der Waals surface area contributed by atoms with Crippen LogP contribution in [0.4, 0.5) is 0 Å². The standard InChI is InChI=1S/C12H25NO4/c1-14-10-6-13(7-11-15-2)5-4-12-16-8-3-9-17-12/h12H,3-11H2,1-2H3. The fourth-order valence-corrected chi connectivity index (χ4v) is 1.77. The van der Waals surface area contributed by atoms with Crippen molar-refractivity contribution < 1.29 is 18.9 Å². The summed E-state index contributed by atoms with van der Waals surface area (Å²) in [4.78, 5) is 2.31. The molecular formula is C12H25NO4. The van der Waals surface area contributed by atoms with Crippen LogP contribution in [0.3, 0.4) is 0 Å². The maximum atomic E-state index is 5.53. The minimum atomic E-state index is -0.0312. The van der Waals surface area contributed by atoms with Gasteiger partial charge in [0.05, 0.1) is 26.4 Å². The molecule has 0 aliphatic carbocycles. The number of hydrogen-bond acceptors (Lipinski definition) is 5. The topological polar surface area (TPSA) is 40.2 Å². The summed E-state index contributed by atoms with van der Waals surface area (Å²) in [5.74, 6) is 0. The maximum Gasteiger partial charge on any atom is 0.158 e. The Hall–Kier alpha value is -0.200. The summed E-state index contributed by atoms with van der Waals surface area (Å²) in [7, 11) is 3.45. The van der Waals surface area contributed by atoms with Gasteiger partial charge in [-0.3, -0.25) is 4.90 Å². The van der Waals surface area contributed by atoms with Crippen molar-refractivity contribution in [2.75, 3.05) is 60.3 Å². The molecule has 1 aliphatic heterocycles. The van der Waals surface area contributed by atoms with Gasteiger partial charge in [0.1, 0.15) is 0 Å². The first-order chi connectivity index (χ1) is 8.36. The average Bonchev–Trinajstić information content (AvgIpc) is 2.39. The van der Waals surface area contributed by atoms with E-state index in [4.69, 9.17) is 18.9 Å². The molecule has 0 unspecified atom stereocenters. The van der Waals surface area contributed by atoms with Gasteiger partial charge in [-0.15, -0.1) is 0 Å². The molecule has 1 rings (SSSR count). The van der Waals surface area contributed by atoms with Crippen molar-refractivity contribution in [3.05, 3.63) is 0 Å². The van der Waals surface area contributed by atoms with Gasteiger partial charge in [0.15, 0.2) is 6.29 Å². The number of nitrogens with zero attached hydrogens (tertiary/aromatic N) is 1. The minimum Gasteiger partial charge on any atom is -0.383 e. The van der Waals surface area contributed by atoms with Crippen LogP contribution in [0.25, 0.3) is 0 Å². The highest BCUT2D eigenvalue weighted by atomic mass is 16.7. The monoisotopic (exact) mass is 247 g/mol. The van der Waals surface area contributed by atoms with E-state index in [1.807, 2.05) is 0 Å². The van der Waals surface area contributed by atoms with Crippen LogP contribution in [-0.4, -0.2) is 71.5 Å². The second-order valence-electron chi connectivity index (χ2n) is 4.14. The number of ether oxygens (including phenoxy) is 4. The normalized spacial score (nSPS) is 17.8. The molecule has 1 saturated heterocycles. The van der Waals surface area contributed by atoms with Crippen molar-refractivity contribution in [1.29, 1.82) is 0 Å². The van der Waals surface area contributed by atoms with E-state index in [0.717, 1.165) is 58.9 Å². The molecule has 0 aromatic carbocycles. The summed E-state index contributed by atoms with van der Waals surface area (Å²) in [6, 6.07) is 0. The lowest BCUT2D eigenvalue weighted by molar-refractivity contribution is -0.182. The average molecular weight is 247 g/mol. The predicted octanol–water partition coefficient (Wildman–Crippen LogP) is 0.734. The quantitative estimate of drug-likeness (QED) is 0.601. The highest BCUT2D eigenvalue weighted by Gasteiger charge is 2.15. The second kappa shape index (κ2) is 9.79. The first-order valence-electron chi connectivity index (χ1n) is 6.30. The van der Waals surface area contributed by atoms with Crippen LogP contribution in [0, 0.1) is 0 Å². The van der Waals surface area contributed by atoms with E-state index in [0.29, 0.717) is 0 Å². The van der Waals surface area contributed by atoms with E-state index in [1.165, 1.54) is 0 Å².